The van der Waals surface area contributed by atoms with E-state index in [1.54, 1.807) is 0 Å². The van der Waals surface area contributed by atoms with Crippen molar-refractivity contribution in [1.29, 1.82) is 0 Å². The second kappa shape index (κ2) is 13.7. The van der Waals surface area contributed by atoms with Crippen LogP contribution in [0.15, 0.2) is 29.4 Å². The van der Waals surface area contributed by atoms with E-state index < -0.39 is 21.2 Å². The van der Waals surface area contributed by atoms with E-state index in [-0.39, 0.29) is 17.6 Å². The van der Waals surface area contributed by atoms with E-state index in [1.165, 1.54) is 80.5 Å². The molecule has 1 aromatic rings. The lowest BCUT2D eigenvalue weighted by molar-refractivity contribution is -0.212. The van der Waals surface area contributed by atoms with E-state index in [0.29, 0.717) is 66.0 Å². The number of aliphatic carboxylic acids is 1. The third-order valence-electron chi connectivity index (χ3n) is 17.4. The second-order valence-corrected chi connectivity index (χ2v) is 22.8. The van der Waals surface area contributed by atoms with Gasteiger partial charge in [-0.1, -0.05) is 46.3 Å². The van der Waals surface area contributed by atoms with Crippen LogP contribution in [0.25, 0.3) is 0 Å². The molecule has 8 rings (SSSR count). The van der Waals surface area contributed by atoms with E-state index in [0.717, 1.165) is 48.6 Å². The first kappa shape index (κ1) is 38.1. The lowest BCUT2D eigenvalue weighted by Crippen LogP contribution is -2.67. The summed E-state index contributed by atoms with van der Waals surface area (Å²) in [5.74, 6) is 3.78. The van der Waals surface area contributed by atoms with Gasteiger partial charge in [0.15, 0.2) is 9.84 Å². The molecule has 2 N–H and O–H groups in total. The van der Waals surface area contributed by atoms with Gasteiger partial charge in [-0.25, -0.2) is 8.42 Å². The van der Waals surface area contributed by atoms with Crippen LogP contribution < -0.4 is 10.1 Å². The summed E-state index contributed by atoms with van der Waals surface area (Å²) >= 11 is 1.39. The van der Waals surface area contributed by atoms with Crippen molar-refractivity contribution in [2.24, 2.45) is 51.2 Å². The highest BCUT2D eigenvalue weighted by Gasteiger charge is 2.68. The molecule has 0 bridgehead atoms. The van der Waals surface area contributed by atoms with E-state index in [2.05, 4.69) is 54.4 Å². The molecule has 1 saturated heterocycles. The number of carboxylic acid groups (broad SMARTS) is 1. The number of carboxylic acids is 1. The van der Waals surface area contributed by atoms with E-state index in [1.807, 2.05) is 13.0 Å². The summed E-state index contributed by atoms with van der Waals surface area (Å²) in [5.41, 5.74) is 3.20. The number of aromatic nitrogens is 1. The maximum Gasteiger partial charge on any atom is 0.313 e. The molecule has 4 saturated carbocycles. The Morgan fingerprint density at radius 2 is 1.77 bits per heavy atom. The quantitative estimate of drug-likeness (QED) is 0.260. The van der Waals surface area contributed by atoms with Crippen LogP contribution in [-0.4, -0.2) is 78.6 Å². The smallest absolute Gasteiger partial charge is 0.313 e. The Balaban J connectivity index is 0.956. The van der Waals surface area contributed by atoms with E-state index in [4.69, 9.17) is 4.74 Å². The Hall–Kier alpha value is -1.75. The van der Waals surface area contributed by atoms with Crippen LogP contribution in [0.3, 0.4) is 0 Å². The molecule has 10 atom stereocenters. The summed E-state index contributed by atoms with van der Waals surface area (Å²) in [4.78, 5) is 16.0. The fourth-order valence-corrected chi connectivity index (χ4v) is 15.9. The molecule has 6 aliphatic carbocycles. The molecule has 10 heteroatoms. The van der Waals surface area contributed by atoms with Gasteiger partial charge in [0, 0.05) is 42.7 Å². The molecular weight excluding hydrogens is 703 g/mol. The number of hydrogen-bond acceptors (Lipinski definition) is 8. The van der Waals surface area contributed by atoms with Crippen LogP contribution in [0.1, 0.15) is 116 Å². The molecular formula is C43H65N3O5S2. The van der Waals surface area contributed by atoms with Crippen LogP contribution in [-0.2, 0) is 14.6 Å². The molecule has 0 radical (unpaired) electrons. The van der Waals surface area contributed by atoms with Crippen molar-refractivity contribution >= 4 is 27.3 Å². The van der Waals surface area contributed by atoms with Gasteiger partial charge >= 0.3 is 5.97 Å². The monoisotopic (exact) mass is 767 g/mol. The zero-order valence-electron chi connectivity index (χ0n) is 33.1. The topological polar surface area (TPSA) is 109 Å². The van der Waals surface area contributed by atoms with Gasteiger partial charge < -0.3 is 20.1 Å². The molecule has 0 amide bonds. The predicted molar refractivity (Wildman–Crippen MR) is 212 cm³/mol. The van der Waals surface area contributed by atoms with Crippen LogP contribution in [0.4, 0.5) is 0 Å². The number of fused-ring (bicyclic) bond motifs is 7. The van der Waals surface area contributed by atoms with Gasteiger partial charge in [-0.15, -0.1) is 0 Å². The standard InChI is InChI=1S/C43H65N3O5S2/c1-29-27-37(45-52-29)51-28-42(38(47)48)17-10-31(11-18-42)32-12-15-39(3)33(30(32)2)13-16-41(5)36(39)9-8-34-35-7-6-14-43(35,20-19-40(34,41)4)44-21-22-46-23-25-53(49,50)26-24-46/h10,12,27,30,33-36,44H,6-9,11,13-26,28H2,1-5H3,(H,47,48)/t30?,33?,34-,35-,36?,39+,40-,41-,42?,43+/m1/s1. The van der Waals surface area contributed by atoms with Crippen LogP contribution >= 0.6 is 11.5 Å². The number of nitrogens with zero attached hydrogens (tertiary/aromatic N) is 2. The lowest BCUT2D eigenvalue weighted by Gasteiger charge is -2.71. The predicted octanol–water partition coefficient (Wildman–Crippen LogP) is 8.09. The summed E-state index contributed by atoms with van der Waals surface area (Å²) in [5, 5.41) is 14.5. The number of allylic oxidation sites excluding steroid dienone is 4. The number of nitrogens with one attached hydrogen (secondary N) is 1. The average molecular weight is 768 g/mol. The van der Waals surface area contributed by atoms with E-state index in [9.17, 15) is 18.3 Å². The number of carbonyl (C=O) groups is 1. The highest BCUT2D eigenvalue weighted by Crippen LogP contribution is 2.75. The Morgan fingerprint density at radius 3 is 2.47 bits per heavy atom. The Bertz CT molecular complexity index is 1740. The first-order valence-electron chi connectivity index (χ1n) is 21.0. The molecule has 5 fully saturated rings. The molecule has 2 heterocycles. The SMILES string of the molecule is Cc1cc(OCC2(C(=O)O)CC=C(C3=CC[C@@]4(C)C(CC[C@]5(C)C4CC[C@@H]4[C@H]6CCC[C@]6(NCCN6CCS(=O)(=O)CC6)CC[C@]45C)C3C)CC2)ns1. The molecule has 0 spiro atoms. The molecule has 4 unspecified atom stereocenters. The minimum atomic E-state index is -2.84. The lowest BCUT2D eigenvalue weighted by atomic mass is 9.34. The number of rotatable bonds is 9. The summed E-state index contributed by atoms with van der Waals surface area (Å²) in [6, 6.07) is 1.89. The van der Waals surface area contributed by atoms with Gasteiger partial charge in [0.2, 0.25) is 5.88 Å². The van der Waals surface area contributed by atoms with Gasteiger partial charge in [-0.3, -0.25) is 4.79 Å². The minimum absolute atomic E-state index is 0.162. The van der Waals surface area contributed by atoms with Crippen molar-refractivity contribution in [3.05, 3.63) is 34.2 Å². The molecule has 0 aromatic carbocycles. The summed E-state index contributed by atoms with van der Waals surface area (Å²) < 4.78 is 34.2. The van der Waals surface area contributed by atoms with Crippen LogP contribution in [0.5, 0.6) is 5.88 Å². The number of aryl methyl sites for hydroxylation is 1. The molecule has 7 aliphatic rings. The minimum Gasteiger partial charge on any atom is -0.481 e. The van der Waals surface area contributed by atoms with Gasteiger partial charge in [0.1, 0.15) is 12.0 Å². The largest absolute Gasteiger partial charge is 0.481 e. The first-order chi connectivity index (χ1) is 25.1. The third-order valence-corrected chi connectivity index (χ3v) is 19.7. The van der Waals surface area contributed by atoms with Crippen molar-refractivity contribution in [1.82, 2.24) is 14.6 Å². The van der Waals surface area contributed by atoms with Crippen molar-refractivity contribution in [3.8, 4) is 5.88 Å². The van der Waals surface area contributed by atoms with Gasteiger partial charge in [-0.2, -0.15) is 4.37 Å². The first-order valence-corrected chi connectivity index (χ1v) is 23.6. The van der Waals surface area contributed by atoms with Gasteiger partial charge in [-0.05, 0) is 152 Å². The van der Waals surface area contributed by atoms with Crippen molar-refractivity contribution in [2.75, 3.05) is 44.3 Å². The van der Waals surface area contributed by atoms with Gasteiger partial charge in [0.25, 0.3) is 0 Å². The highest BCUT2D eigenvalue weighted by atomic mass is 32.2. The Morgan fingerprint density at radius 1 is 0.981 bits per heavy atom. The number of sulfone groups is 1. The maximum atomic E-state index is 12.6. The van der Waals surface area contributed by atoms with Crippen LogP contribution in [0.2, 0.25) is 0 Å². The average Bonchev–Trinajstić information content (AvgIpc) is 3.75. The summed E-state index contributed by atoms with van der Waals surface area (Å²) in [6.07, 6.45) is 19.8. The molecule has 53 heavy (non-hydrogen) atoms. The number of ether oxygens (including phenoxy) is 1. The summed E-state index contributed by atoms with van der Waals surface area (Å²) in [6.45, 7) is 16.0. The highest BCUT2D eigenvalue weighted by molar-refractivity contribution is 7.91. The van der Waals surface area contributed by atoms with Crippen molar-refractivity contribution in [2.45, 2.75) is 124 Å². The normalized spacial score (nSPS) is 43.8. The molecule has 1 aromatic heterocycles. The molecule has 1 aliphatic heterocycles. The zero-order valence-corrected chi connectivity index (χ0v) is 34.7. The summed E-state index contributed by atoms with van der Waals surface area (Å²) in [7, 11) is -2.84. The van der Waals surface area contributed by atoms with Crippen molar-refractivity contribution < 1.29 is 23.1 Å². The van der Waals surface area contributed by atoms with Gasteiger partial charge in [0.05, 0.1) is 11.5 Å². The second-order valence-electron chi connectivity index (χ2n) is 19.5. The zero-order chi connectivity index (χ0) is 37.4. The fraction of sp³-hybridized carbons (Fsp3) is 0.814. The Labute approximate surface area is 323 Å². The van der Waals surface area contributed by atoms with Crippen molar-refractivity contribution in [3.63, 3.8) is 0 Å². The fourth-order valence-electron chi connectivity index (χ4n) is 14.1. The molecule has 8 nitrogen and oxygen atoms in total. The number of hydrogen-bond donors (Lipinski definition) is 2. The Kier molecular flexibility index (Phi) is 9.87. The third kappa shape index (κ3) is 6.30. The molecule has 294 valence electrons. The van der Waals surface area contributed by atoms with E-state index >= 15 is 0 Å². The maximum absolute atomic E-state index is 12.6. The van der Waals surface area contributed by atoms with Crippen LogP contribution in [0, 0.1) is 58.2 Å².